The summed E-state index contributed by atoms with van der Waals surface area (Å²) in [6.45, 7) is 0. The Morgan fingerprint density at radius 3 is 2.40 bits per heavy atom. The van der Waals surface area contributed by atoms with Crippen molar-refractivity contribution in [2.24, 2.45) is 0 Å². The van der Waals surface area contributed by atoms with Crippen LogP contribution in [0.2, 0.25) is 0 Å². The second kappa shape index (κ2) is 5.15. The number of nitrogens with one attached hydrogen (secondary N) is 1. The summed E-state index contributed by atoms with van der Waals surface area (Å²) in [7, 11) is 0. The van der Waals surface area contributed by atoms with Crippen molar-refractivity contribution in [1.82, 2.24) is 4.98 Å². The van der Waals surface area contributed by atoms with E-state index in [9.17, 15) is 4.79 Å². The molecule has 1 N–H and O–H groups in total. The lowest BCUT2D eigenvalue weighted by Crippen LogP contribution is -2.16. The van der Waals surface area contributed by atoms with Crippen LogP contribution in [-0.4, -0.2) is 4.98 Å². The van der Waals surface area contributed by atoms with Gasteiger partial charge in [-0.15, -0.1) is 0 Å². The van der Waals surface area contributed by atoms with Crippen molar-refractivity contribution >= 4 is 0 Å². The van der Waals surface area contributed by atoms with Crippen LogP contribution in [0.5, 0.6) is 0 Å². The average molecular weight is 205 g/mol. The molecule has 0 aliphatic heterocycles. The van der Waals surface area contributed by atoms with Crippen molar-refractivity contribution in [2.45, 2.75) is 50.9 Å². The third-order valence-corrected chi connectivity index (χ3v) is 3.39. The highest BCUT2D eigenvalue weighted by atomic mass is 16.1. The van der Waals surface area contributed by atoms with Gasteiger partial charge in [0.2, 0.25) is 0 Å². The van der Waals surface area contributed by atoms with Gasteiger partial charge in [0.1, 0.15) is 0 Å². The molecule has 82 valence electrons. The van der Waals surface area contributed by atoms with E-state index in [2.05, 4.69) is 4.98 Å². The summed E-state index contributed by atoms with van der Waals surface area (Å²) in [4.78, 5) is 14.4. The zero-order chi connectivity index (χ0) is 10.5. The number of hydrogen-bond donors (Lipinski definition) is 1. The van der Waals surface area contributed by atoms with Crippen molar-refractivity contribution in [3.05, 3.63) is 34.2 Å². The summed E-state index contributed by atoms with van der Waals surface area (Å²) < 4.78 is 0. The molecule has 2 nitrogen and oxygen atoms in total. The first-order valence-electron chi connectivity index (χ1n) is 6.05. The molecule has 0 saturated heterocycles. The average Bonchev–Trinajstić information content (AvgIpc) is 2.19. The number of aromatic nitrogens is 1. The standard InChI is InChI=1S/C13H19NO/c15-13-12(9-6-10-14-13)11-7-4-2-1-3-5-8-11/h6,9-11H,1-5,7-8H2,(H,14,15). The minimum Gasteiger partial charge on any atom is -0.329 e. The van der Waals surface area contributed by atoms with E-state index < -0.39 is 0 Å². The molecule has 1 aliphatic carbocycles. The van der Waals surface area contributed by atoms with E-state index in [4.69, 9.17) is 0 Å². The molecule has 1 heterocycles. The Hall–Kier alpha value is -1.05. The number of H-pyrrole nitrogens is 1. The van der Waals surface area contributed by atoms with E-state index in [-0.39, 0.29) is 5.56 Å². The quantitative estimate of drug-likeness (QED) is 0.750. The molecular weight excluding hydrogens is 186 g/mol. The fourth-order valence-electron chi connectivity index (χ4n) is 2.52. The molecule has 1 aliphatic rings. The molecule has 1 fully saturated rings. The summed E-state index contributed by atoms with van der Waals surface area (Å²) >= 11 is 0. The summed E-state index contributed by atoms with van der Waals surface area (Å²) in [5.41, 5.74) is 1.11. The Morgan fingerprint density at radius 1 is 1.07 bits per heavy atom. The Morgan fingerprint density at radius 2 is 1.73 bits per heavy atom. The fourth-order valence-corrected chi connectivity index (χ4v) is 2.52. The van der Waals surface area contributed by atoms with Gasteiger partial charge in [0.05, 0.1) is 0 Å². The van der Waals surface area contributed by atoms with Crippen LogP contribution in [0.25, 0.3) is 0 Å². The van der Waals surface area contributed by atoms with E-state index >= 15 is 0 Å². The molecular formula is C13H19NO. The third kappa shape index (κ3) is 2.71. The molecule has 0 radical (unpaired) electrons. The highest BCUT2D eigenvalue weighted by molar-refractivity contribution is 5.14. The van der Waals surface area contributed by atoms with Gasteiger partial charge < -0.3 is 4.98 Å². The van der Waals surface area contributed by atoms with Crippen LogP contribution in [0.4, 0.5) is 0 Å². The Balaban J connectivity index is 2.14. The third-order valence-electron chi connectivity index (χ3n) is 3.39. The maximum atomic E-state index is 11.7. The van der Waals surface area contributed by atoms with Crippen molar-refractivity contribution in [3.8, 4) is 0 Å². The monoisotopic (exact) mass is 205 g/mol. The largest absolute Gasteiger partial charge is 0.329 e. The van der Waals surface area contributed by atoms with Crippen molar-refractivity contribution < 1.29 is 0 Å². The highest BCUT2D eigenvalue weighted by Gasteiger charge is 2.15. The molecule has 0 aromatic carbocycles. The van der Waals surface area contributed by atoms with Crippen molar-refractivity contribution in [2.75, 3.05) is 0 Å². The number of hydrogen-bond acceptors (Lipinski definition) is 1. The van der Waals surface area contributed by atoms with E-state index in [1.807, 2.05) is 12.1 Å². The zero-order valence-corrected chi connectivity index (χ0v) is 9.17. The van der Waals surface area contributed by atoms with Gasteiger partial charge in [0.15, 0.2) is 0 Å². The Bertz CT molecular complexity index is 348. The topological polar surface area (TPSA) is 32.9 Å². The van der Waals surface area contributed by atoms with E-state index in [0.717, 1.165) is 5.56 Å². The lowest BCUT2D eigenvalue weighted by molar-refractivity contribution is 0.453. The summed E-state index contributed by atoms with van der Waals surface area (Å²) in [6.07, 6.45) is 10.7. The van der Waals surface area contributed by atoms with Gasteiger partial charge in [-0.3, -0.25) is 4.79 Å². The molecule has 0 atom stereocenters. The first kappa shape index (κ1) is 10.5. The van der Waals surface area contributed by atoms with Crippen LogP contribution in [0.1, 0.15) is 56.4 Å². The van der Waals surface area contributed by atoms with Crippen LogP contribution in [0, 0.1) is 0 Å². The van der Waals surface area contributed by atoms with Crippen molar-refractivity contribution in [1.29, 1.82) is 0 Å². The molecule has 0 unspecified atom stereocenters. The first-order valence-corrected chi connectivity index (χ1v) is 6.05. The molecule has 1 aromatic heterocycles. The van der Waals surface area contributed by atoms with E-state index in [0.29, 0.717) is 5.92 Å². The second-order valence-electron chi connectivity index (χ2n) is 4.50. The number of rotatable bonds is 1. The second-order valence-corrected chi connectivity index (χ2v) is 4.50. The van der Waals surface area contributed by atoms with Gasteiger partial charge in [-0.05, 0) is 24.8 Å². The molecule has 1 aromatic rings. The zero-order valence-electron chi connectivity index (χ0n) is 9.17. The van der Waals surface area contributed by atoms with Crippen molar-refractivity contribution in [3.63, 3.8) is 0 Å². The normalized spacial score (nSPS) is 19.5. The summed E-state index contributed by atoms with van der Waals surface area (Å²) in [5.74, 6) is 0.496. The smallest absolute Gasteiger partial charge is 0.251 e. The van der Waals surface area contributed by atoms with Gasteiger partial charge in [-0.1, -0.05) is 38.2 Å². The van der Waals surface area contributed by atoms with Gasteiger partial charge in [-0.25, -0.2) is 0 Å². The molecule has 2 heteroatoms. The number of aromatic amines is 1. The minimum absolute atomic E-state index is 0.114. The lowest BCUT2D eigenvalue weighted by Gasteiger charge is -2.18. The predicted octanol–water partition coefficient (Wildman–Crippen LogP) is 3.20. The SMILES string of the molecule is O=c1[nH]cccc1C1CCCCCCC1. The highest BCUT2D eigenvalue weighted by Crippen LogP contribution is 2.28. The van der Waals surface area contributed by atoms with E-state index in [1.54, 1.807) is 6.20 Å². The van der Waals surface area contributed by atoms with Gasteiger partial charge in [0.25, 0.3) is 5.56 Å². The Labute approximate surface area is 90.7 Å². The summed E-state index contributed by atoms with van der Waals surface area (Å²) in [5, 5.41) is 0. The van der Waals surface area contributed by atoms with Crippen LogP contribution in [0.15, 0.2) is 23.1 Å². The number of pyridine rings is 1. The molecule has 0 bridgehead atoms. The maximum Gasteiger partial charge on any atom is 0.251 e. The molecule has 15 heavy (non-hydrogen) atoms. The maximum absolute atomic E-state index is 11.7. The van der Waals surface area contributed by atoms with Crippen LogP contribution in [-0.2, 0) is 0 Å². The van der Waals surface area contributed by atoms with Gasteiger partial charge in [0, 0.05) is 11.8 Å². The summed E-state index contributed by atoms with van der Waals surface area (Å²) in [6, 6.07) is 3.93. The molecule has 2 rings (SSSR count). The fraction of sp³-hybridized carbons (Fsp3) is 0.615. The van der Waals surface area contributed by atoms with Crippen LogP contribution in [0.3, 0.4) is 0 Å². The van der Waals surface area contributed by atoms with Crippen LogP contribution < -0.4 is 5.56 Å². The van der Waals surface area contributed by atoms with Gasteiger partial charge in [-0.2, -0.15) is 0 Å². The minimum atomic E-state index is 0.114. The van der Waals surface area contributed by atoms with Gasteiger partial charge >= 0.3 is 0 Å². The Kier molecular flexibility index (Phi) is 3.59. The van der Waals surface area contributed by atoms with E-state index in [1.165, 1.54) is 44.9 Å². The first-order chi connectivity index (χ1) is 7.38. The molecule has 1 saturated carbocycles. The molecule has 0 spiro atoms. The predicted molar refractivity (Wildman–Crippen MR) is 62.1 cm³/mol. The lowest BCUT2D eigenvalue weighted by atomic mass is 9.87. The van der Waals surface area contributed by atoms with Crippen LogP contribution >= 0.6 is 0 Å². The molecule has 0 amide bonds.